The standard InChI is InChI=1S/C14H23NO4/c1-5-6-10-18-13(17)15-12(8-7-9-16)11(2)19-14(15,3)4/h11-12,16H,5-6,8,10H2,1-4H3/t11-,12-/m1/s1. The zero-order valence-electron chi connectivity index (χ0n) is 12.1. The summed E-state index contributed by atoms with van der Waals surface area (Å²) in [6.07, 6.45) is 3.53. The van der Waals surface area contributed by atoms with E-state index in [1.54, 1.807) is 4.90 Å². The lowest BCUT2D eigenvalue weighted by Crippen LogP contribution is -2.48. The molecule has 1 fully saturated rings. The molecular formula is C14H23NO4. The third-order valence-electron chi connectivity index (χ3n) is 3.24. The number of rotatable bonds is 4. The number of hydrogen-bond acceptors (Lipinski definition) is 4. The number of amides is 1. The number of unbranched alkanes of at least 4 members (excludes halogenated alkanes) is 1. The molecule has 0 bridgehead atoms. The van der Waals surface area contributed by atoms with Crippen LogP contribution in [-0.2, 0) is 9.47 Å². The SMILES string of the molecule is CCCCOC(=O)N1[C@H](CC#CO)[C@@H](C)OC1(C)C. The Bertz CT molecular complexity index is 369. The highest BCUT2D eigenvalue weighted by atomic mass is 16.6. The molecule has 0 saturated carbocycles. The molecule has 1 aliphatic heterocycles. The fourth-order valence-corrected chi connectivity index (χ4v) is 2.34. The zero-order valence-corrected chi connectivity index (χ0v) is 12.1. The van der Waals surface area contributed by atoms with Crippen molar-refractivity contribution in [2.45, 2.75) is 64.8 Å². The van der Waals surface area contributed by atoms with Gasteiger partial charge in [-0.2, -0.15) is 0 Å². The van der Waals surface area contributed by atoms with Gasteiger partial charge in [-0.25, -0.2) is 4.79 Å². The lowest BCUT2D eigenvalue weighted by atomic mass is 10.1. The summed E-state index contributed by atoms with van der Waals surface area (Å²) >= 11 is 0. The first-order valence-electron chi connectivity index (χ1n) is 6.70. The lowest BCUT2D eigenvalue weighted by molar-refractivity contribution is -0.0660. The molecule has 1 saturated heterocycles. The van der Waals surface area contributed by atoms with E-state index < -0.39 is 5.72 Å². The predicted octanol–water partition coefficient (Wildman–Crippen LogP) is 2.47. The Hall–Kier alpha value is -1.41. The van der Waals surface area contributed by atoms with Crippen molar-refractivity contribution in [3.63, 3.8) is 0 Å². The molecule has 19 heavy (non-hydrogen) atoms. The fraction of sp³-hybridized carbons (Fsp3) is 0.786. The number of nitrogens with zero attached hydrogens (tertiary/aromatic N) is 1. The van der Waals surface area contributed by atoms with E-state index in [4.69, 9.17) is 14.6 Å². The van der Waals surface area contributed by atoms with Gasteiger partial charge in [-0.05, 0) is 27.2 Å². The van der Waals surface area contributed by atoms with Crippen LogP contribution in [0.1, 0.15) is 47.0 Å². The van der Waals surface area contributed by atoms with E-state index in [0.717, 1.165) is 12.8 Å². The van der Waals surface area contributed by atoms with Gasteiger partial charge in [0.05, 0.1) is 18.8 Å². The van der Waals surface area contributed by atoms with Crippen molar-refractivity contribution in [1.29, 1.82) is 0 Å². The maximum Gasteiger partial charge on any atom is 0.412 e. The number of aliphatic hydroxyl groups is 1. The number of aliphatic hydroxyl groups excluding tert-OH is 1. The first-order valence-corrected chi connectivity index (χ1v) is 6.70. The second-order valence-electron chi connectivity index (χ2n) is 5.17. The minimum Gasteiger partial charge on any atom is -0.462 e. The summed E-state index contributed by atoms with van der Waals surface area (Å²) in [6.45, 7) is 8.01. The summed E-state index contributed by atoms with van der Waals surface area (Å²) in [7, 11) is 0. The summed E-state index contributed by atoms with van der Waals surface area (Å²) in [5.41, 5.74) is -0.718. The summed E-state index contributed by atoms with van der Waals surface area (Å²) in [5, 5.41) is 8.60. The summed E-state index contributed by atoms with van der Waals surface area (Å²) < 4.78 is 11.0. The van der Waals surface area contributed by atoms with Gasteiger partial charge in [0.2, 0.25) is 0 Å². The van der Waals surface area contributed by atoms with Crippen molar-refractivity contribution in [2.75, 3.05) is 6.61 Å². The molecule has 1 N–H and O–H groups in total. The van der Waals surface area contributed by atoms with E-state index in [2.05, 4.69) is 5.92 Å². The zero-order chi connectivity index (χ0) is 14.5. The highest BCUT2D eigenvalue weighted by Gasteiger charge is 2.48. The Morgan fingerprint density at radius 1 is 1.53 bits per heavy atom. The second-order valence-corrected chi connectivity index (χ2v) is 5.17. The Balaban J connectivity index is 2.77. The fourth-order valence-electron chi connectivity index (χ4n) is 2.34. The maximum atomic E-state index is 12.2. The van der Waals surface area contributed by atoms with Crippen molar-refractivity contribution < 1.29 is 19.4 Å². The van der Waals surface area contributed by atoms with Crippen LogP contribution in [0.5, 0.6) is 0 Å². The quantitative estimate of drug-likeness (QED) is 0.629. The minimum absolute atomic E-state index is 0.144. The number of carbonyl (C=O) groups is 1. The van der Waals surface area contributed by atoms with E-state index in [0.29, 0.717) is 13.0 Å². The third-order valence-corrected chi connectivity index (χ3v) is 3.24. The van der Waals surface area contributed by atoms with E-state index in [1.807, 2.05) is 33.8 Å². The molecule has 2 atom stereocenters. The number of hydrogen-bond donors (Lipinski definition) is 1. The monoisotopic (exact) mass is 269 g/mol. The van der Waals surface area contributed by atoms with Gasteiger partial charge >= 0.3 is 6.09 Å². The average molecular weight is 269 g/mol. The molecule has 0 aromatic heterocycles. The van der Waals surface area contributed by atoms with E-state index in [-0.39, 0.29) is 18.2 Å². The van der Waals surface area contributed by atoms with Crippen LogP contribution in [0.3, 0.4) is 0 Å². The molecule has 1 rings (SSSR count). The normalized spacial score (nSPS) is 24.7. The maximum absolute atomic E-state index is 12.2. The molecule has 5 nitrogen and oxygen atoms in total. The lowest BCUT2D eigenvalue weighted by Gasteiger charge is -2.32. The van der Waals surface area contributed by atoms with Gasteiger partial charge < -0.3 is 14.6 Å². The molecule has 1 aliphatic rings. The Kier molecular flexibility index (Phi) is 5.49. The third kappa shape index (κ3) is 3.77. The van der Waals surface area contributed by atoms with Crippen LogP contribution in [0.4, 0.5) is 4.79 Å². The van der Waals surface area contributed by atoms with Gasteiger partial charge in [0, 0.05) is 6.42 Å². The van der Waals surface area contributed by atoms with Crippen molar-refractivity contribution >= 4 is 6.09 Å². The average Bonchev–Trinajstić information content (AvgIpc) is 2.56. The van der Waals surface area contributed by atoms with Gasteiger partial charge in [-0.1, -0.05) is 19.3 Å². The van der Waals surface area contributed by atoms with Crippen molar-refractivity contribution in [2.24, 2.45) is 0 Å². The van der Waals surface area contributed by atoms with Gasteiger partial charge in [-0.15, -0.1) is 0 Å². The smallest absolute Gasteiger partial charge is 0.412 e. The van der Waals surface area contributed by atoms with Gasteiger partial charge in [0.15, 0.2) is 0 Å². The van der Waals surface area contributed by atoms with Crippen LogP contribution in [0.15, 0.2) is 0 Å². The van der Waals surface area contributed by atoms with E-state index >= 15 is 0 Å². The van der Waals surface area contributed by atoms with Gasteiger partial charge in [0.25, 0.3) is 0 Å². The van der Waals surface area contributed by atoms with E-state index in [9.17, 15) is 4.79 Å². The summed E-state index contributed by atoms with van der Waals surface area (Å²) in [6, 6.07) is -0.205. The van der Waals surface area contributed by atoms with Gasteiger partial charge in [0.1, 0.15) is 11.8 Å². The number of ether oxygens (including phenoxy) is 2. The first kappa shape index (κ1) is 15.6. The minimum atomic E-state index is -0.718. The van der Waals surface area contributed by atoms with Crippen LogP contribution in [0.2, 0.25) is 0 Å². The Morgan fingerprint density at radius 2 is 2.21 bits per heavy atom. The molecule has 0 aliphatic carbocycles. The summed E-state index contributed by atoms with van der Waals surface area (Å²) in [5.74, 6) is 2.59. The summed E-state index contributed by atoms with van der Waals surface area (Å²) in [4.78, 5) is 13.7. The largest absolute Gasteiger partial charge is 0.462 e. The Morgan fingerprint density at radius 3 is 2.79 bits per heavy atom. The van der Waals surface area contributed by atoms with Crippen molar-refractivity contribution in [3.05, 3.63) is 0 Å². The second kappa shape index (κ2) is 6.67. The number of carbonyl (C=O) groups excluding carboxylic acids is 1. The van der Waals surface area contributed by atoms with Crippen LogP contribution in [0, 0.1) is 12.0 Å². The molecule has 0 aromatic rings. The molecular weight excluding hydrogens is 246 g/mol. The highest BCUT2D eigenvalue weighted by Crippen LogP contribution is 2.34. The van der Waals surface area contributed by atoms with Crippen LogP contribution in [0.25, 0.3) is 0 Å². The molecule has 0 radical (unpaired) electrons. The topological polar surface area (TPSA) is 59.0 Å². The Labute approximate surface area is 114 Å². The first-order chi connectivity index (χ1) is 8.94. The van der Waals surface area contributed by atoms with Crippen molar-refractivity contribution in [3.8, 4) is 12.0 Å². The van der Waals surface area contributed by atoms with Crippen LogP contribution >= 0.6 is 0 Å². The molecule has 0 unspecified atom stereocenters. The highest BCUT2D eigenvalue weighted by molar-refractivity contribution is 5.69. The van der Waals surface area contributed by atoms with Crippen LogP contribution in [-0.4, -0.2) is 40.6 Å². The molecule has 108 valence electrons. The predicted molar refractivity (Wildman–Crippen MR) is 70.8 cm³/mol. The molecule has 0 spiro atoms. The van der Waals surface area contributed by atoms with Crippen molar-refractivity contribution in [1.82, 2.24) is 4.90 Å². The van der Waals surface area contributed by atoms with Gasteiger partial charge in [-0.3, -0.25) is 4.90 Å². The van der Waals surface area contributed by atoms with Crippen LogP contribution < -0.4 is 0 Å². The molecule has 1 amide bonds. The molecule has 0 aromatic carbocycles. The van der Waals surface area contributed by atoms with E-state index in [1.165, 1.54) is 0 Å². The molecule has 5 heteroatoms. The molecule has 1 heterocycles.